The van der Waals surface area contributed by atoms with Crippen LogP contribution in [-0.4, -0.2) is 52.7 Å². The monoisotopic (exact) mass is 241 g/mol. The number of likely N-dealkylation sites (tertiary alicyclic amines) is 2. The maximum Gasteiger partial charge on any atom is 0.410 e. The third-order valence-corrected chi connectivity index (χ3v) is 3.15. The summed E-state index contributed by atoms with van der Waals surface area (Å²) in [6, 6.07) is -0.284. The molecule has 2 heterocycles. The Morgan fingerprint density at radius 3 is 2.12 bits per heavy atom. The van der Waals surface area contributed by atoms with Crippen molar-refractivity contribution >= 4 is 12.1 Å². The van der Waals surface area contributed by atoms with Gasteiger partial charge in [-0.05, 0) is 27.2 Å². The van der Waals surface area contributed by atoms with Gasteiger partial charge in [-0.25, -0.2) is 9.59 Å². The quantitative estimate of drug-likeness (QED) is 0.680. The van der Waals surface area contributed by atoms with Gasteiger partial charge in [-0.15, -0.1) is 0 Å². The second kappa shape index (κ2) is 3.78. The topological polar surface area (TPSA) is 75.9 Å². The first kappa shape index (κ1) is 12.0. The van der Waals surface area contributed by atoms with Gasteiger partial charge in [0.2, 0.25) is 0 Å². The van der Waals surface area contributed by atoms with Crippen LogP contribution in [0.4, 0.5) is 9.59 Å². The van der Waals surface area contributed by atoms with Gasteiger partial charge in [-0.2, -0.15) is 0 Å². The molecule has 1 unspecified atom stereocenters. The molecule has 0 saturated carbocycles. The minimum atomic E-state index is -0.484. The number of rotatable bonds is 0. The molecule has 17 heavy (non-hydrogen) atoms. The van der Waals surface area contributed by atoms with Crippen LogP contribution in [0.25, 0.3) is 0 Å². The summed E-state index contributed by atoms with van der Waals surface area (Å²) < 4.78 is 5.32. The maximum absolute atomic E-state index is 11.9. The molecule has 2 saturated heterocycles. The first-order chi connectivity index (χ1) is 7.78. The molecule has 0 radical (unpaired) electrons. The molecule has 2 N–H and O–H groups in total. The van der Waals surface area contributed by atoms with Crippen LogP contribution in [0.3, 0.4) is 0 Å². The first-order valence-corrected chi connectivity index (χ1v) is 5.83. The van der Waals surface area contributed by atoms with Gasteiger partial charge in [-0.1, -0.05) is 0 Å². The van der Waals surface area contributed by atoms with Crippen molar-refractivity contribution in [3.8, 4) is 0 Å². The van der Waals surface area contributed by atoms with Crippen LogP contribution >= 0.6 is 0 Å². The molecule has 2 bridgehead atoms. The minimum absolute atomic E-state index is 0.0577. The van der Waals surface area contributed by atoms with E-state index >= 15 is 0 Å². The zero-order valence-electron chi connectivity index (χ0n) is 10.5. The number of amides is 3. The van der Waals surface area contributed by atoms with E-state index in [2.05, 4.69) is 0 Å². The highest BCUT2D eigenvalue weighted by atomic mass is 16.6. The fraction of sp³-hybridized carbons (Fsp3) is 0.818. The Hall–Kier alpha value is -1.46. The van der Waals surface area contributed by atoms with Crippen LogP contribution in [-0.2, 0) is 4.74 Å². The largest absolute Gasteiger partial charge is 0.444 e. The van der Waals surface area contributed by atoms with E-state index in [4.69, 9.17) is 10.5 Å². The summed E-state index contributed by atoms with van der Waals surface area (Å²) in [6.07, 6.45) is 0.511. The number of carbonyl (C=O) groups is 2. The number of hydrogen-bond acceptors (Lipinski definition) is 3. The zero-order valence-corrected chi connectivity index (χ0v) is 10.5. The third kappa shape index (κ3) is 2.30. The summed E-state index contributed by atoms with van der Waals surface area (Å²) in [5, 5.41) is 0. The number of urea groups is 1. The summed E-state index contributed by atoms with van der Waals surface area (Å²) in [5.74, 6) is 0. The van der Waals surface area contributed by atoms with Crippen LogP contribution in [0.1, 0.15) is 27.2 Å². The van der Waals surface area contributed by atoms with Crippen molar-refractivity contribution in [2.45, 2.75) is 44.9 Å². The number of piperazine rings is 1. The molecule has 6 nitrogen and oxygen atoms in total. The Kier molecular flexibility index (Phi) is 2.67. The van der Waals surface area contributed by atoms with Crippen LogP contribution in [0.15, 0.2) is 0 Å². The molecule has 2 aliphatic rings. The number of nitrogens with two attached hydrogens (primary N) is 1. The number of carbonyl (C=O) groups excluding carboxylic acids is 2. The molecule has 2 atom stereocenters. The molecule has 6 heteroatoms. The summed E-state index contributed by atoms with van der Waals surface area (Å²) in [5.41, 5.74) is 4.78. The van der Waals surface area contributed by atoms with E-state index in [0.717, 1.165) is 6.42 Å². The SMILES string of the molecule is CC(C)(C)OC(=O)N1CC2C[C@H]1CN2C(N)=O. The van der Waals surface area contributed by atoms with Gasteiger partial charge in [0.15, 0.2) is 0 Å². The third-order valence-electron chi connectivity index (χ3n) is 3.15. The van der Waals surface area contributed by atoms with Crippen molar-refractivity contribution in [3.63, 3.8) is 0 Å². The van der Waals surface area contributed by atoms with E-state index in [-0.39, 0.29) is 18.2 Å². The van der Waals surface area contributed by atoms with Crippen molar-refractivity contribution in [1.82, 2.24) is 9.80 Å². The summed E-state index contributed by atoms with van der Waals surface area (Å²) in [7, 11) is 0. The highest BCUT2D eigenvalue weighted by Crippen LogP contribution is 2.31. The van der Waals surface area contributed by atoms with Crippen molar-refractivity contribution in [2.24, 2.45) is 5.73 Å². The van der Waals surface area contributed by atoms with E-state index in [1.54, 1.807) is 9.80 Å². The summed E-state index contributed by atoms with van der Waals surface area (Å²) in [6.45, 7) is 6.58. The van der Waals surface area contributed by atoms with E-state index < -0.39 is 11.6 Å². The van der Waals surface area contributed by atoms with E-state index in [9.17, 15) is 9.59 Å². The molecule has 0 spiro atoms. The van der Waals surface area contributed by atoms with Gasteiger partial charge in [0.25, 0.3) is 0 Å². The van der Waals surface area contributed by atoms with Crippen molar-refractivity contribution in [3.05, 3.63) is 0 Å². The Morgan fingerprint density at radius 2 is 1.71 bits per heavy atom. The number of primary amides is 1. The standard InChI is InChI=1S/C11H19N3O3/c1-11(2,3)17-10(16)14-6-7-4-8(14)5-13(7)9(12)15/h7-8H,4-6H2,1-3H3,(H2,12,15)/t7?,8-/m0/s1. The highest BCUT2D eigenvalue weighted by Gasteiger charge is 2.47. The number of fused-ring (bicyclic) bond motifs is 2. The second-order valence-electron chi connectivity index (χ2n) is 5.67. The number of hydrogen-bond donors (Lipinski definition) is 1. The van der Waals surface area contributed by atoms with E-state index in [0.29, 0.717) is 13.1 Å². The molecule has 2 fully saturated rings. The van der Waals surface area contributed by atoms with Crippen LogP contribution in [0, 0.1) is 0 Å². The normalized spacial score (nSPS) is 27.5. The average Bonchev–Trinajstić information content (AvgIpc) is 2.72. The first-order valence-electron chi connectivity index (χ1n) is 5.83. The zero-order chi connectivity index (χ0) is 12.8. The Bertz CT molecular complexity index is 350. The minimum Gasteiger partial charge on any atom is -0.444 e. The van der Waals surface area contributed by atoms with E-state index in [1.807, 2.05) is 20.8 Å². The van der Waals surface area contributed by atoms with Gasteiger partial charge in [0.1, 0.15) is 5.60 Å². The second-order valence-corrected chi connectivity index (χ2v) is 5.67. The molecule has 3 amide bonds. The predicted octanol–water partition coefficient (Wildman–Crippen LogP) is 0.759. The van der Waals surface area contributed by atoms with Crippen molar-refractivity contribution in [2.75, 3.05) is 13.1 Å². The average molecular weight is 241 g/mol. The van der Waals surface area contributed by atoms with Crippen molar-refractivity contribution < 1.29 is 14.3 Å². The lowest BCUT2D eigenvalue weighted by atomic mass is 10.2. The van der Waals surface area contributed by atoms with E-state index in [1.165, 1.54) is 0 Å². The Balaban J connectivity index is 1.96. The Labute approximate surface area is 101 Å². The Morgan fingerprint density at radius 1 is 1.18 bits per heavy atom. The molecule has 2 aliphatic heterocycles. The van der Waals surface area contributed by atoms with Gasteiger partial charge in [-0.3, -0.25) is 0 Å². The number of ether oxygens (including phenoxy) is 1. The predicted molar refractivity (Wildman–Crippen MR) is 61.4 cm³/mol. The van der Waals surface area contributed by atoms with Crippen molar-refractivity contribution in [1.29, 1.82) is 0 Å². The summed E-state index contributed by atoms with van der Waals surface area (Å²) >= 11 is 0. The van der Waals surface area contributed by atoms with Gasteiger partial charge in [0, 0.05) is 13.1 Å². The molecule has 0 aromatic heterocycles. The van der Waals surface area contributed by atoms with Crippen LogP contribution in [0.2, 0.25) is 0 Å². The lowest BCUT2D eigenvalue weighted by molar-refractivity contribution is 0.0155. The fourth-order valence-corrected chi connectivity index (χ4v) is 2.48. The lowest BCUT2D eigenvalue weighted by Crippen LogP contribution is -2.52. The molecule has 96 valence electrons. The fourth-order valence-electron chi connectivity index (χ4n) is 2.48. The number of nitrogens with zero attached hydrogens (tertiary/aromatic N) is 2. The molecule has 2 rings (SSSR count). The molecule has 0 aromatic rings. The van der Waals surface area contributed by atoms with Gasteiger partial charge in [0.05, 0.1) is 12.1 Å². The van der Waals surface area contributed by atoms with Crippen LogP contribution in [0.5, 0.6) is 0 Å². The summed E-state index contributed by atoms with van der Waals surface area (Å²) in [4.78, 5) is 26.3. The van der Waals surface area contributed by atoms with Crippen LogP contribution < -0.4 is 5.73 Å². The molecule has 0 aromatic carbocycles. The maximum atomic E-state index is 11.9. The van der Waals surface area contributed by atoms with Gasteiger partial charge >= 0.3 is 12.1 Å². The lowest BCUT2D eigenvalue weighted by Gasteiger charge is -2.34. The smallest absolute Gasteiger partial charge is 0.410 e. The molecule has 0 aliphatic carbocycles. The molecular weight excluding hydrogens is 222 g/mol. The van der Waals surface area contributed by atoms with Gasteiger partial charge < -0.3 is 20.3 Å². The molecular formula is C11H19N3O3. The highest BCUT2D eigenvalue weighted by molar-refractivity contribution is 5.75.